The van der Waals surface area contributed by atoms with Crippen LogP contribution in [0.25, 0.3) is 0 Å². The zero-order chi connectivity index (χ0) is 14.7. The van der Waals surface area contributed by atoms with Gasteiger partial charge in [-0.05, 0) is 30.2 Å². The normalized spacial score (nSPS) is 12.2. The van der Waals surface area contributed by atoms with Crippen LogP contribution in [-0.4, -0.2) is 10.0 Å². The van der Waals surface area contributed by atoms with E-state index in [1.807, 2.05) is 6.92 Å². The van der Waals surface area contributed by atoms with Gasteiger partial charge in [0.2, 0.25) is 0 Å². The number of hydrogen-bond donors (Lipinski definition) is 1. The summed E-state index contributed by atoms with van der Waals surface area (Å²) in [7, 11) is 0. The van der Waals surface area contributed by atoms with E-state index in [1.165, 1.54) is 6.07 Å². The van der Waals surface area contributed by atoms with Gasteiger partial charge in [0, 0.05) is 23.1 Å². The number of hydrogen-bond acceptors (Lipinski definition) is 3. The van der Waals surface area contributed by atoms with Gasteiger partial charge in [0.1, 0.15) is 0 Å². The molecule has 4 nitrogen and oxygen atoms in total. The lowest BCUT2D eigenvalue weighted by Gasteiger charge is -2.14. The molecule has 1 N–H and O–H groups in total. The molecule has 0 aliphatic heterocycles. The molecule has 0 radical (unpaired) electrons. The number of aliphatic hydroxyl groups excluding tert-OH is 1. The molecule has 0 saturated carbocycles. The van der Waals surface area contributed by atoms with Crippen molar-refractivity contribution in [2.24, 2.45) is 0 Å². The van der Waals surface area contributed by atoms with Crippen LogP contribution in [0.5, 0.6) is 0 Å². The predicted octanol–water partition coefficient (Wildman–Crippen LogP) is 3.83. The zero-order valence-corrected chi connectivity index (χ0v) is 11.7. The van der Waals surface area contributed by atoms with Gasteiger partial charge in [0.05, 0.1) is 11.0 Å². The standard InChI is InChI=1S/C15H14ClNO3/c1-10-8-12(16)6-7-13(10)15(18)9-11-4-2-3-5-14(11)17(19)20/h2-8,15,18H,9H2,1H3. The largest absolute Gasteiger partial charge is 0.388 e. The molecule has 2 rings (SSSR count). The summed E-state index contributed by atoms with van der Waals surface area (Å²) < 4.78 is 0. The van der Waals surface area contributed by atoms with E-state index in [4.69, 9.17) is 11.6 Å². The molecule has 104 valence electrons. The van der Waals surface area contributed by atoms with Gasteiger partial charge in [-0.1, -0.05) is 35.9 Å². The van der Waals surface area contributed by atoms with Gasteiger partial charge in [0.15, 0.2) is 0 Å². The Bertz CT molecular complexity index is 643. The minimum Gasteiger partial charge on any atom is -0.388 e. The predicted molar refractivity (Wildman–Crippen MR) is 77.9 cm³/mol. The Kier molecular flexibility index (Phi) is 4.37. The maximum Gasteiger partial charge on any atom is 0.272 e. The molecule has 0 spiro atoms. The molecular weight excluding hydrogens is 278 g/mol. The molecule has 5 heteroatoms. The Morgan fingerprint density at radius 2 is 2.00 bits per heavy atom. The van der Waals surface area contributed by atoms with Crippen LogP contribution in [0.15, 0.2) is 42.5 Å². The summed E-state index contributed by atoms with van der Waals surface area (Å²) >= 11 is 5.88. The van der Waals surface area contributed by atoms with Gasteiger partial charge >= 0.3 is 0 Å². The molecule has 1 unspecified atom stereocenters. The second-order valence-electron chi connectivity index (χ2n) is 4.61. The Balaban J connectivity index is 2.28. The highest BCUT2D eigenvalue weighted by Crippen LogP contribution is 2.27. The molecule has 0 bridgehead atoms. The lowest BCUT2D eigenvalue weighted by atomic mass is 9.97. The fourth-order valence-electron chi connectivity index (χ4n) is 2.19. The summed E-state index contributed by atoms with van der Waals surface area (Å²) in [6.07, 6.45) is -0.604. The van der Waals surface area contributed by atoms with Crippen molar-refractivity contribution in [2.75, 3.05) is 0 Å². The van der Waals surface area contributed by atoms with Gasteiger partial charge in [-0.3, -0.25) is 10.1 Å². The molecule has 2 aromatic carbocycles. The number of nitrogens with zero attached hydrogens (tertiary/aromatic N) is 1. The fraction of sp³-hybridized carbons (Fsp3) is 0.200. The van der Waals surface area contributed by atoms with Crippen LogP contribution in [0, 0.1) is 17.0 Å². The van der Waals surface area contributed by atoms with Crippen molar-refractivity contribution >= 4 is 17.3 Å². The van der Waals surface area contributed by atoms with Gasteiger partial charge in [-0.2, -0.15) is 0 Å². The smallest absolute Gasteiger partial charge is 0.272 e. The van der Waals surface area contributed by atoms with Crippen molar-refractivity contribution < 1.29 is 10.0 Å². The number of halogens is 1. The third-order valence-electron chi connectivity index (χ3n) is 3.19. The van der Waals surface area contributed by atoms with E-state index in [2.05, 4.69) is 0 Å². The number of rotatable bonds is 4. The van der Waals surface area contributed by atoms with E-state index >= 15 is 0 Å². The SMILES string of the molecule is Cc1cc(Cl)ccc1C(O)Cc1ccccc1[N+](=O)[O-]. The monoisotopic (exact) mass is 291 g/mol. The number of aliphatic hydroxyl groups is 1. The number of nitro groups is 1. The van der Waals surface area contributed by atoms with Crippen LogP contribution in [0.3, 0.4) is 0 Å². The molecule has 20 heavy (non-hydrogen) atoms. The fourth-order valence-corrected chi connectivity index (χ4v) is 2.42. The Morgan fingerprint density at radius 3 is 2.65 bits per heavy atom. The van der Waals surface area contributed by atoms with Crippen LogP contribution >= 0.6 is 11.6 Å². The number of para-hydroxylation sites is 1. The van der Waals surface area contributed by atoms with E-state index in [9.17, 15) is 15.2 Å². The summed E-state index contributed by atoms with van der Waals surface area (Å²) in [5, 5.41) is 21.8. The quantitative estimate of drug-likeness (QED) is 0.688. The molecule has 2 aromatic rings. The van der Waals surface area contributed by atoms with Crippen LogP contribution < -0.4 is 0 Å². The average Bonchev–Trinajstić information content (AvgIpc) is 2.38. The first-order valence-corrected chi connectivity index (χ1v) is 6.53. The number of nitro benzene ring substituents is 1. The van der Waals surface area contributed by atoms with Crippen LogP contribution in [0.4, 0.5) is 5.69 Å². The highest BCUT2D eigenvalue weighted by Gasteiger charge is 2.18. The molecule has 1 atom stereocenters. The highest BCUT2D eigenvalue weighted by molar-refractivity contribution is 6.30. The Hall–Kier alpha value is -1.91. The summed E-state index contributed by atoms with van der Waals surface area (Å²) in [4.78, 5) is 10.5. The summed E-state index contributed by atoms with van der Waals surface area (Å²) in [6.45, 7) is 1.85. The van der Waals surface area contributed by atoms with Crippen molar-refractivity contribution in [3.05, 3.63) is 74.3 Å². The Morgan fingerprint density at radius 1 is 1.30 bits per heavy atom. The summed E-state index contributed by atoms with van der Waals surface area (Å²) in [6, 6.07) is 11.7. The van der Waals surface area contributed by atoms with Gasteiger partial charge in [-0.25, -0.2) is 0 Å². The minimum atomic E-state index is -0.798. The third-order valence-corrected chi connectivity index (χ3v) is 3.43. The lowest BCUT2D eigenvalue weighted by Crippen LogP contribution is -2.06. The minimum absolute atomic E-state index is 0.0261. The van der Waals surface area contributed by atoms with E-state index in [0.717, 1.165) is 11.1 Å². The number of aryl methyl sites for hydroxylation is 1. The first-order chi connectivity index (χ1) is 9.49. The summed E-state index contributed by atoms with van der Waals surface area (Å²) in [5.74, 6) is 0. The van der Waals surface area contributed by atoms with Crippen molar-refractivity contribution in [3.8, 4) is 0 Å². The maximum atomic E-state index is 11.0. The van der Waals surface area contributed by atoms with E-state index in [0.29, 0.717) is 10.6 Å². The first-order valence-electron chi connectivity index (χ1n) is 6.15. The second kappa shape index (κ2) is 6.03. The van der Waals surface area contributed by atoms with Crippen LogP contribution in [0.2, 0.25) is 5.02 Å². The zero-order valence-electron chi connectivity index (χ0n) is 10.9. The average molecular weight is 292 g/mol. The van der Waals surface area contributed by atoms with Gasteiger partial charge in [-0.15, -0.1) is 0 Å². The Labute approximate surface area is 121 Å². The highest BCUT2D eigenvalue weighted by atomic mass is 35.5. The summed E-state index contributed by atoms with van der Waals surface area (Å²) in [5.41, 5.74) is 2.13. The van der Waals surface area contributed by atoms with Crippen molar-refractivity contribution in [3.63, 3.8) is 0 Å². The molecular formula is C15H14ClNO3. The molecule has 0 heterocycles. The number of benzene rings is 2. The van der Waals surface area contributed by atoms with Crippen molar-refractivity contribution in [1.82, 2.24) is 0 Å². The molecule has 0 aliphatic rings. The maximum absolute atomic E-state index is 11.0. The van der Waals surface area contributed by atoms with Gasteiger partial charge in [0.25, 0.3) is 5.69 Å². The van der Waals surface area contributed by atoms with Crippen molar-refractivity contribution in [2.45, 2.75) is 19.4 Å². The molecule has 0 fully saturated rings. The molecule has 0 aliphatic carbocycles. The van der Waals surface area contributed by atoms with E-state index in [-0.39, 0.29) is 12.1 Å². The lowest BCUT2D eigenvalue weighted by molar-refractivity contribution is -0.385. The van der Waals surface area contributed by atoms with Gasteiger partial charge < -0.3 is 5.11 Å². The molecule has 0 aromatic heterocycles. The molecule has 0 saturated heterocycles. The van der Waals surface area contributed by atoms with E-state index < -0.39 is 11.0 Å². The van der Waals surface area contributed by atoms with Crippen LogP contribution in [0.1, 0.15) is 22.8 Å². The van der Waals surface area contributed by atoms with Crippen LogP contribution in [-0.2, 0) is 6.42 Å². The third kappa shape index (κ3) is 3.15. The molecule has 0 amide bonds. The first kappa shape index (κ1) is 14.5. The topological polar surface area (TPSA) is 63.4 Å². The van der Waals surface area contributed by atoms with Crippen molar-refractivity contribution in [1.29, 1.82) is 0 Å². The van der Waals surface area contributed by atoms with E-state index in [1.54, 1.807) is 36.4 Å². The second-order valence-corrected chi connectivity index (χ2v) is 5.04.